The van der Waals surface area contributed by atoms with Gasteiger partial charge in [-0.05, 0) is 26.0 Å². The molecule has 0 heterocycles. The molecule has 3 nitrogen and oxygen atoms in total. The Kier molecular flexibility index (Phi) is 4.11. The summed E-state index contributed by atoms with van der Waals surface area (Å²) < 4.78 is 0. The van der Waals surface area contributed by atoms with Crippen molar-refractivity contribution in [3.8, 4) is 0 Å². The standard InChI is InChI=1S/C9H17ClO3S/c1-9(13,14-2)7-6(11)4-3-5(10)8(7)12/h5-8,11-13H,3-4H2,1-2H3. The van der Waals surface area contributed by atoms with Crippen molar-refractivity contribution in [2.75, 3.05) is 6.26 Å². The third-order valence-corrected chi connectivity index (χ3v) is 4.50. The van der Waals surface area contributed by atoms with Gasteiger partial charge in [-0.1, -0.05) is 0 Å². The number of rotatable bonds is 2. The fourth-order valence-corrected chi connectivity index (χ4v) is 2.79. The molecule has 1 aliphatic rings. The minimum Gasteiger partial charge on any atom is -0.393 e. The molecule has 1 saturated carbocycles. The Labute approximate surface area is 93.5 Å². The topological polar surface area (TPSA) is 60.7 Å². The molecule has 1 aliphatic carbocycles. The van der Waals surface area contributed by atoms with Crippen LogP contribution in [0.3, 0.4) is 0 Å². The summed E-state index contributed by atoms with van der Waals surface area (Å²) in [7, 11) is 0. The van der Waals surface area contributed by atoms with E-state index in [1.165, 1.54) is 11.8 Å². The second kappa shape index (κ2) is 4.58. The quantitative estimate of drug-likeness (QED) is 0.494. The fourth-order valence-electron chi connectivity index (χ4n) is 1.94. The van der Waals surface area contributed by atoms with Crippen LogP contribution in [0.15, 0.2) is 0 Å². The van der Waals surface area contributed by atoms with Gasteiger partial charge in [-0.25, -0.2) is 0 Å². The van der Waals surface area contributed by atoms with E-state index in [0.717, 1.165) is 0 Å². The Balaban J connectivity index is 2.82. The highest BCUT2D eigenvalue weighted by Gasteiger charge is 2.46. The van der Waals surface area contributed by atoms with Crippen molar-refractivity contribution in [2.24, 2.45) is 5.92 Å². The van der Waals surface area contributed by atoms with Crippen LogP contribution in [0.25, 0.3) is 0 Å². The minimum atomic E-state index is -1.13. The maximum absolute atomic E-state index is 9.99. The smallest absolute Gasteiger partial charge is 0.115 e. The van der Waals surface area contributed by atoms with Gasteiger partial charge >= 0.3 is 0 Å². The van der Waals surface area contributed by atoms with Crippen LogP contribution in [0.5, 0.6) is 0 Å². The second-order valence-corrected chi connectivity index (χ2v) is 5.73. The molecule has 0 aromatic carbocycles. The number of hydrogen-bond donors (Lipinski definition) is 3. The van der Waals surface area contributed by atoms with Gasteiger partial charge in [0.15, 0.2) is 0 Å². The Morgan fingerprint density at radius 1 is 1.36 bits per heavy atom. The number of aliphatic hydroxyl groups is 3. The SMILES string of the molecule is CSC(C)(O)C1C(O)CCC(Cl)C1O. The van der Waals surface area contributed by atoms with Gasteiger partial charge in [-0.3, -0.25) is 0 Å². The molecule has 0 aromatic heterocycles. The predicted molar refractivity (Wildman–Crippen MR) is 58.5 cm³/mol. The summed E-state index contributed by atoms with van der Waals surface area (Å²) in [6.07, 6.45) is 1.35. The van der Waals surface area contributed by atoms with E-state index in [1.807, 2.05) is 0 Å². The third-order valence-electron chi connectivity index (χ3n) is 2.92. The zero-order valence-corrected chi connectivity index (χ0v) is 9.92. The molecule has 3 N–H and O–H groups in total. The van der Waals surface area contributed by atoms with Crippen molar-refractivity contribution in [2.45, 2.75) is 42.3 Å². The summed E-state index contributed by atoms with van der Waals surface area (Å²) in [5.41, 5.74) is 0. The summed E-state index contributed by atoms with van der Waals surface area (Å²) in [4.78, 5) is -1.13. The Morgan fingerprint density at radius 3 is 2.43 bits per heavy atom. The lowest BCUT2D eigenvalue weighted by atomic mass is 9.80. The van der Waals surface area contributed by atoms with E-state index in [0.29, 0.717) is 12.8 Å². The van der Waals surface area contributed by atoms with Crippen molar-refractivity contribution in [3.05, 3.63) is 0 Å². The minimum absolute atomic E-state index is 0.373. The molecule has 1 rings (SSSR count). The van der Waals surface area contributed by atoms with Gasteiger partial charge in [0.05, 0.1) is 23.5 Å². The molecule has 0 saturated heterocycles. The maximum Gasteiger partial charge on any atom is 0.115 e. The van der Waals surface area contributed by atoms with Gasteiger partial charge in [0.2, 0.25) is 0 Å². The first kappa shape index (κ1) is 12.6. The van der Waals surface area contributed by atoms with Gasteiger partial charge in [0.1, 0.15) is 4.93 Å². The summed E-state index contributed by atoms with van der Waals surface area (Å²) in [5, 5.41) is 29.2. The van der Waals surface area contributed by atoms with E-state index in [-0.39, 0.29) is 5.38 Å². The number of aliphatic hydroxyl groups excluding tert-OH is 2. The third kappa shape index (κ3) is 2.36. The van der Waals surface area contributed by atoms with Crippen molar-refractivity contribution in [1.82, 2.24) is 0 Å². The monoisotopic (exact) mass is 240 g/mol. The van der Waals surface area contributed by atoms with E-state index < -0.39 is 23.1 Å². The largest absolute Gasteiger partial charge is 0.393 e. The van der Waals surface area contributed by atoms with E-state index in [9.17, 15) is 15.3 Å². The maximum atomic E-state index is 9.99. The van der Waals surface area contributed by atoms with Gasteiger partial charge in [0, 0.05) is 0 Å². The molecule has 0 amide bonds. The van der Waals surface area contributed by atoms with Crippen LogP contribution in [0.1, 0.15) is 19.8 Å². The van der Waals surface area contributed by atoms with Gasteiger partial charge < -0.3 is 15.3 Å². The van der Waals surface area contributed by atoms with E-state index in [4.69, 9.17) is 11.6 Å². The van der Waals surface area contributed by atoms with Crippen LogP contribution in [-0.4, -0.2) is 44.1 Å². The summed E-state index contributed by atoms with van der Waals surface area (Å²) >= 11 is 7.13. The molecular weight excluding hydrogens is 224 g/mol. The average molecular weight is 241 g/mol. The van der Waals surface area contributed by atoms with Crippen LogP contribution in [0.4, 0.5) is 0 Å². The molecule has 5 atom stereocenters. The predicted octanol–water partition coefficient (Wildman–Crippen LogP) is 0.797. The molecule has 84 valence electrons. The molecule has 5 unspecified atom stereocenters. The lowest BCUT2D eigenvalue weighted by molar-refractivity contribution is -0.0872. The van der Waals surface area contributed by atoms with Crippen LogP contribution >= 0.6 is 23.4 Å². The first-order valence-corrected chi connectivity index (χ1v) is 6.34. The van der Waals surface area contributed by atoms with Crippen LogP contribution < -0.4 is 0 Å². The van der Waals surface area contributed by atoms with Crippen molar-refractivity contribution >= 4 is 23.4 Å². The summed E-state index contributed by atoms with van der Waals surface area (Å²) in [6, 6.07) is 0. The number of halogens is 1. The van der Waals surface area contributed by atoms with E-state index in [2.05, 4.69) is 0 Å². The Morgan fingerprint density at radius 2 is 1.93 bits per heavy atom. The van der Waals surface area contributed by atoms with Gasteiger partial charge in [0.25, 0.3) is 0 Å². The molecule has 5 heteroatoms. The summed E-state index contributed by atoms with van der Waals surface area (Å²) in [5.74, 6) is -0.575. The zero-order chi connectivity index (χ0) is 10.9. The lowest BCUT2D eigenvalue weighted by Gasteiger charge is -2.42. The van der Waals surface area contributed by atoms with Crippen LogP contribution in [-0.2, 0) is 0 Å². The second-order valence-electron chi connectivity index (χ2n) is 3.94. The number of hydrogen-bond acceptors (Lipinski definition) is 4. The molecule has 0 aromatic rings. The molecule has 0 radical (unpaired) electrons. The molecule has 1 fully saturated rings. The Hall–Kier alpha value is 0.520. The van der Waals surface area contributed by atoms with E-state index >= 15 is 0 Å². The highest BCUT2D eigenvalue weighted by Crippen LogP contribution is 2.40. The van der Waals surface area contributed by atoms with Crippen LogP contribution in [0, 0.1) is 5.92 Å². The normalized spacial score (nSPS) is 43.3. The van der Waals surface area contributed by atoms with Crippen molar-refractivity contribution < 1.29 is 15.3 Å². The van der Waals surface area contributed by atoms with Gasteiger partial charge in [-0.15, -0.1) is 23.4 Å². The fraction of sp³-hybridized carbons (Fsp3) is 1.00. The average Bonchev–Trinajstić information content (AvgIpc) is 2.12. The summed E-state index contributed by atoms with van der Waals surface area (Å²) in [6.45, 7) is 1.60. The molecule has 14 heavy (non-hydrogen) atoms. The van der Waals surface area contributed by atoms with Crippen molar-refractivity contribution in [1.29, 1.82) is 0 Å². The highest BCUT2D eigenvalue weighted by atomic mass is 35.5. The van der Waals surface area contributed by atoms with Crippen molar-refractivity contribution in [3.63, 3.8) is 0 Å². The van der Waals surface area contributed by atoms with Gasteiger partial charge in [-0.2, -0.15) is 0 Å². The van der Waals surface area contributed by atoms with Crippen LogP contribution in [0.2, 0.25) is 0 Å². The molecule has 0 spiro atoms. The molecule has 0 bridgehead atoms. The molecule has 0 aliphatic heterocycles. The Bertz CT molecular complexity index is 200. The zero-order valence-electron chi connectivity index (χ0n) is 8.35. The highest BCUT2D eigenvalue weighted by molar-refractivity contribution is 7.99. The lowest BCUT2D eigenvalue weighted by Crippen LogP contribution is -2.52. The first-order valence-electron chi connectivity index (χ1n) is 4.68. The molecular formula is C9H17ClO3S. The number of alkyl halides is 1. The first-order chi connectivity index (χ1) is 6.40. The van der Waals surface area contributed by atoms with E-state index in [1.54, 1.807) is 13.2 Å². The number of thioether (sulfide) groups is 1.